The van der Waals surface area contributed by atoms with Crippen LogP contribution < -0.4 is 0 Å². The molecule has 0 N–H and O–H groups in total. The summed E-state index contributed by atoms with van der Waals surface area (Å²) in [6.45, 7) is 5.17. The van der Waals surface area contributed by atoms with E-state index in [4.69, 9.17) is 9.15 Å². The van der Waals surface area contributed by atoms with Crippen LogP contribution in [0.1, 0.15) is 24.2 Å². The summed E-state index contributed by atoms with van der Waals surface area (Å²) in [6.07, 6.45) is 1.56. The van der Waals surface area contributed by atoms with E-state index in [1.807, 2.05) is 18.7 Å². The summed E-state index contributed by atoms with van der Waals surface area (Å²) < 4.78 is 11.1. The fourth-order valence-electron chi connectivity index (χ4n) is 1.77. The van der Waals surface area contributed by atoms with E-state index in [2.05, 4.69) is 15.9 Å². The molecule has 0 bridgehead atoms. The minimum Gasteiger partial charge on any atom is -0.457 e. The number of halogens is 1. The van der Waals surface area contributed by atoms with Gasteiger partial charge in [0.2, 0.25) is 0 Å². The molecule has 2 heterocycles. The maximum Gasteiger partial charge on any atom is 0.257 e. The first-order valence-corrected chi connectivity index (χ1v) is 6.04. The molecule has 0 aromatic carbocycles. The lowest BCUT2D eigenvalue weighted by atomic mass is 10.1. The fraction of sp³-hybridized carbons (Fsp3) is 0.545. The van der Waals surface area contributed by atoms with Gasteiger partial charge in [-0.2, -0.15) is 0 Å². The van der Waals surface area contributed by atoms with Crippen LogP contribution in [0.3, 0.4) is 0 Å². The van der Waals surface area contributed by atoms with Gasteiger partial charge in [-0.15, -0.1) is 0 Å². The molecule has 1 saturated heterocycles. The predicted molar refractivity (Wildman–Crippen MR) is 62.3 cm³/mol. The van der Waals surface area contributed by atoms with Gasteiger partial charge >= 0.3 is 0 Å². The molecule has 2 unspecified atom stereocenters. The second kappa shape index (κ2) is 4.59. The minimum absolute atomic E-state index is 0.00269. The summed E-state index contributed by atoms with van der Waals surface area (Å²) in [5.41, 5.74) is 0.577. The third-order valence-corrected chi connectivity index (χ3v) is 3.10. The van der Waals surface area contributed by atoms with E-state index >= 15 is 0 Å². The van der Waals surface area contributed by atoms with Crippen LogP contribution in [0.25, 0.3) is 0 Å². The normalized spacial score (nSPS) is 25.8. The Balaban J connectivity index is 2.14. The van der Waals surface area contributed by atoms with Gasteiger partial charge in [0.15, 0.2) is 4.67 Å². The zero-order valence-electron chi connectivity index (χ0n) is 9.27. The van der Waals surface area contributed by atoms with E-state index in [1.165, 1.54) is 6.26 Å². The smallest absolute Gasteiger partial charge is 0.257 e. The Morgan fingerprint density at radius 2 is 2.31 bits per heavy atom. The van der Waals surface area contributed by atoms with Gasteiger partial charge in [-0.3, -0.25) is 4.79 Å². The zero-order chi connectivity index (χ0) is 11.7. The standard InChI is InChI=1S/C11H14BrNO3/c1-7-5-15-8(2)4-13(7)11(14)9-3-10(12)16-6-9/h3,6-8H,4-5H2,1-2H3. The van der Waals surface area contributed by atoms with Crippen LogP contribution >= 0.6 is 15.9 Å². The average Bonchev–Trinajstić information content (AvgIpc) is 2.67. The quantitative estimate of drug-likeness (QED) is 0.796. The van der Waals surface area contributed by atoms with Gasteiger partial charge in [-0.25, -0.2) is 0 Å². The van der Waals surface area contributed by atoms with E-state index < -0.39 is 0 Å². The molecule has 1 aliphatic rings. The SMILES string of the molecule is CC1CN(C(=O)c2coc(Br)c2)C(C)CO1. The number of carbonyl (C=O) groups is 1. The lowest BCUT2D eigenvalue weighted by molar-refractivity contribution is -0.0387. The Hall–Kier alpha value is -0.810. The summed E-state index contributed by atoms with van der Waals surface area (Å²) in [7, 11) is 0. The Morgan fingerprint density at radius 3 is 2.94 bits per heavy atom. The van der Waals surface area contributed by atoms with Crippen molar-refractivity contribution in [3.05, 3.63) is 22.6 Å². The van der Waals surface area contributed by atoms with Crippen molar-refractivity contribution in [2.45, 2.75) is 26.0 Å². The number of rotatable bonds is 1. The van der Waals surface area contributed by atoms with Crippen LogP contribution in [0.5, 0.6) is 0 Å². The number of amides is 1. The topological polar surface area (TPSA) is 42.7 Å². The van der Waals surface area contributed by atoms with Crippen molar-refractivity contribution in [3.8, 4) is 0 Å². The summed E-state index contributed by atoms with van der Waals surface area (Å²) in [4.78, 5) is 14.0. The van der Waals surface area contributed by atoms with E-state index in [0.717, 1.165) is 0 Å². The van der Waals surface area contributed by atoms with Crippen molar-refractivity contribution < 1.29 is 13.9 Å². The average molecular weight is 288 g/mol. The second-order valence-electron chi connectivity index (χ2n) is 4.09. The molecule has 2 atom stereocenters. The van der Waals surface area contributed by atoms with Gasteiger partial charge < -0.3 is 14.1 Å². The zero-order valence-corrected chi connectivity index (χ0v) is 10.9. The Kier molecular flexibility index (Phi) is 3.35. The Bertz CT molecular complexity index is 390. The third-order valence-electron chi connectivity index (χ3n) is 2.68. The number of nitrogens with zero attached hydrogens (tertiary/aromatic N) is 1. The second-order valence-corrected chi connectivity index (χ2v) is 4.87. The molecule has 0 radical (unpaired) electrons. The third kappa shape index (κ3) is 2.30. The lowest BCUT2D eigenvalue weighted by Gasteiger charge is -2.36. The summed E-state index contributed by atoms with van der Waals surface area (Å²) in [5, 5.41) is 0. The van der Waals surface area contributed by atoms with Gasteiger partial charge in [-0.1, -0.05) is 0 Å². The van der Waals surface area contributed by atoms with Crippen molar-refractivity contribution in [3.63, 3.8) is 0 Å². The molecule has 0 aliphatic carbocycles. The van der Waals surface area contributed by atoms with E-state index in [1.54, 1.807) is 6.07 Å². The summed E-state index contributed by atoms with van der Waals surface area (Å²) >= 11 is 3.19. The minimum atomic E-state index is -0.00269. The van der Waals surface area contributed by atoms with Crippen LogP contribution in [-0.2, 0) is 4.74 Å². The molecule has 16 heavy (non-hydrogen) atoms. The van der Waals surface area contributed by atoms with Crippen LogP contribution in [0.2, 0.25) is 0 Å². The molecule has 88 valence electrons. The molecule has 5 heteroatoms. The predicted octanol–water partition coefficient (Wildman–Crippen LogP) is 2.29. The molecule has 2 rings (SSSR count). The monoisotopic (exact) mass is 287 g/mol. The first kappa shape index (κ1) is 11.7. The highest BCUT2D eigenvalue weighted by Gasteiger charge is 2.28. The van der Waals surface area contributed by atoms with Crippen LogP contribution in [0, 0.1) is 0 Å². The highest BCUT2D eigenvalue weighted by Crippen LogP contribution is 2.19. The fourth-order valence-corrected chi connectivity index (χ4v) is 2.11. The van der Waals surface area contributed by atoms with Gasteiger partial charge in [0.05, 0.1) is 24.3 Å². The van der Waals surface area contributed by atoms with Crippen molar-refractivity contribution in [2.75, 3.05) is 13.2 Å². The molecule has 1 aromatic heterocycles. The molecule has 1 aliphatic heterocycles. The molecule has 1 aromatic rings. The van der Waals surface area contributed by atoms with Gasteiger partial charge in [0.1, 0.15) is 6.26 Å². The number of hydrogen-bond acceptors (Lipinski definition) is 3. The van der Waals surface area contributed by atoms with Gasteiger partial charge in [0, 0.05) is 12.6 Å². The molecule has 0 saturated carbocycles. The maximum absolute atomic E-state index is 12.2. The molecular weight excluding hydrogens is 274 g/mol. The van der Waals surface area contributed by atoms with E-state index in [0.29, 0.717) is 23.4 Å². The Labute approximate surface area is 103 Å². The highest BCUT2D eigenvalue weighted by molar-refractivity contribution is 9.10. The van der Waals surface area contributed by atoms with Crippen LogP contribution in [0.15, 0.2) is 21.4 Å². The summed E-state index contributed by atoms with van der Waals surface area (Å²) in [6, 6.07) is 1.80. The van der Waals surface area contributed by atoms with Crippen LogP contribution in [-0.4, -0.2) is 36.1 Å². The van der Waals surface area contributed by atoms with Crippen molar-refractivity contribution in [1.29, 1.82) is 0 Å². The number of carbonyl (C=O) groups excluding carboxylic acids is 1. The molecular formula is C11H14BrNO3. The number of ether oxygens (including phenoxy) is 1. The number of hydrogen-bond donors (Lipinski definition) is 0. The largest absolute Gasteiger partial charge is 0.457 e. The number of furan rings is 1. The van der Waals surface area contributed by atoms with Gasteiger partial charge in [-0.05, 0) is 29.8 Å². The van der Waals surface area contributed by atoms with Crippen molar-refractivity contribution >= 4 is 21.8 Å². The highest BCUT2D eigenvalue weighted by atomic mass is 79.9. The van der Waals surface area contributed by atoms with Gasteiger partial charge in [0.25, 0.3) is 5.91 Å². The molecule has 4 nitrogen and oxygen atoms in total. The lowest BCUT2D eigenvalue weighted by Crippen LogP contribution is -2.50. The first-order valence-electron chi connectivity index (χ1n) is 5.24. The first-order chi connectivity index (χ1) is 7.58. The van der Waals surface area contributed by atoms with Crippen LogP contribution in [0.4, 0.5) is 0 Å². The molecule has 0 spiro atoms. The van der Waals surface area contributed by atoms with Crippen molar-refractivity contribution in [2.24, 2.45) is 0 Å². The molecule has 1 fully saturated rings. The van der Waals surface area contributed by atoms with E-state index in [-0.39, 0.29) is 18.1 Å². The molecule has 1 amide bonds. The maximum atomic E-state index is 12.2. The Morgan fingerprint density at radius 1 is 1.56 bits per heavy atom. The summed E-state index contributed by atoms with van der Waals surface area (Å²) in [5.74, 6) is -0.00269. The van der Waals surface area contributed by atoms with E-state index in [9.17, 15) is 4.79 Å². The number of morpholine rings is 1. The van der Waals surface area contributed by atoms with Crippen molar-refractivity contribution in [1.82, 2.24) is 4.90 Å².